The van der Waals surface area contributed by atoms with Gasteiger partial charge in [0.2, 0.25) is 0 Å². The van der Waals surface area contributed by atoms with Crippen LogP contribution in [0.25, 0.3) is 71.9 Å². The molecule has 0 amide bonds. The topological polar surface area (TPSA) is 46.8 Å². The molecule has 0 aliphatic rings. The molecule has 7 aromatic carbocycles. The summed E-state index contributed by atoms with van der Waals surface area (Å²) < 4.78 is 2.42. The van der Waals surface area contributed by atoms with Gasteiger partial charge in [0.15, 0.2) is 0 Å². The van der Waals surface area contributed by atoms with E-state index in [1.165, 1.54) is 32.9 Å². The van der Waals surface area contributed by atoms with Gasteiger partial charge in [0.25, 0.3) is 0 Å². The monoisotopic (exact) mass is 777 g/mol. The van der Waals surface area contributed by atoms with Gasteiger partial charge in [-0.15, -0.1) is 0 Å². The Morgan fingerprint density at radius 1 is 0.467 bits per heavy atom. The molecule has 0 saturated heterocycles. The molecule has 0 N–H and O–H groups in total. The molecule has 0 unspecified atom stereocenters. The number of pyridine rings is 1. The molecule has 292 valence electrons. The maximum Gasteiger partial charge on any atom is 0.0973 e. The van der Waals surface area contributed by atoms with Gasteiger partial charge >= 0.3 is 0 Å². The Morgan fingerprint density at radius 3 is 1.55 bits per heavy atom. The third kappa shape index (κ3) is 6.57. The molecule has 0 aliphatic heterocycles. The summed E-state index contributed by atoms with van der Waals surface area (Å²) in [7, 11) is 0. The first-order chi connectivity index (χ1) is 29.0. The van der Waals surface area contributed by atoms with Gasteiger partial charge in [-0.3, -0.25) is 4.98 Å². The molecule has 3 aromatic heterocycles. The Bertz CT molecular complexity index is 3130. The highest BCUT2D eigenvalue weighted by atomic mass is 15.1. The second-order valence-corrected chi connectivity index (χ2v) is 17.8. The third-order valence-corrected chi connectivity index (χ3v) is 11.7. The lowest BCUT2D eigenvalue weighted by Crippen LogP contribution is -2.11. The predicted molar refractivity (Wildman–Crippen MR) is 252 cm³/mol. The maximum absolute atomic E-state index is 5.18. The van der Waals surface area contributed by atoms with Crippen molar-refractivity contribution in [2.24, 2.45) is 0 Å². The molecule has 0 saturated carbocycles. The summed E-state index contributed by atoms with van der Waals surface area (Å²) in [6, 6.07) is 60.6. The average molecular weight is 778 g/mol. The fourth-order valence-electron chi connectivity index (χ4n) is 8.45. The number of nitrogens with zero attached hydrogens (tertiary/aromatic N) is 5. The predicted octanol–water partition coefficient (Wildman–Crippen LogP) is 14.7. The van der Waals surface area contributed by atoms with Gasteiger partial charge in [0.1, 0.15) is 0 Å². The van der Waals surface area contributed by atoms with Gasteiger partial charge in [0.05, 0.1) is 44.7 Å². The number of hydrogen-bond donors (Lipinski definition) is 0. The van der Waals surface area contributed by atoms with Crippen molar-refractivity contribution in [1.82, 2.24) is 19.5 Å². The summed E-state index contributed by atoms with van der Waals surface area (Å²) in [6.07, 6.45) is 1.87. The van der Waals surface area contributed by atoms with Crippen LogP contribution in [0.5, 0.6) is 0 Å². The van der Waals surface area contributed by atoms with Crippen molar-refractivity contribution in [2.75, 3.05) is 4.90 Å². The smallest absolute Gasteiger partial charge is 0.0973 e. The average Bonchev–Trinajstić information content (AvgIpc) is 3.59. The van der Waals surface area contributed by atoms with Crippen molar-refractivity contribution in [1.29, 1.82) is 0 Å². The first kappa shape index (κ1) is 37.2. The lowest BCUT2D eigenvalue weighted by molar-refractivity contribution is 0.590. The number of rotatable bonds is 6. The fourth-order valence-corrected chi connectivity index (χ4v) is 8.45. The van der Waals surface area contributed by atoms with Gasteiger partial charge in [-0.1, -0.05) is 126 Å². The first-order valence-electron chi connectivity index (χ1n) is 20.8. The van der Waals surface area contributed by atoms with Crippen molar-refractivity contribution in [3.63, 3.8) is 0 Å². The van der Waals surface area contributed by atoms with Crippen LogP contribution in [0.4, 0.5) is 17.1 Å². The zero-order chi connectivity index (χ0) is 41.2. The van der Waals surface area contributed by atoms with E-state index in [0.29, 0.717) is 0 Å². The van der Waals surface area contributed by atoms with Crippen molar-refractivity contribution in [2.45, 2.75) is 52.4 Å². The lowest BCUT2D eigenvalue weighted by atomic mass is 9.85. The highest BCUT2D eigenvalue weighted by Crippen LogP contribution is 2.42. The first-order valence-corrected chi connectivity index (χ1v) is 20.8. The van der Waals surface area contributed by atoms with E-state index in [0.717, 1.165) is 67.2 Å². The number of aromatic nitrogens is 4. The lowest BCUT2D eigenvalue weighted by Gasteiger charge is -2.27. The van der Waals surface area contributed by atoms with Crippen LogP contribution < -0.4 is 4.90 Å². The summed E-state index contributed by atoms with van der Waals surface area (Å²) in [4.78, 5) is 17.5. The van der Waals surface area contributed by atoms with E-state index in [1.54, 1.807) is 0 Å². The van der Waals surface area contributed by atoms with E-state index in [-0.39, 0.29) is 10.8 Å². The number of hydrogen-bond acceptors (Lipinski definition) is 4. The van der Waals surface area contributed by atoms with Crippen molar-refractivity contribution < 1.29 is 0 Å². The Labute approximate surface area is 351 Å². The zero-order valence-electron chi connectivity index (χ0n) is 35.0. The molecule has 0 fully saturated rings. The number of para-hydroxylation sites is 3. The molecule has 0 spiro atoms. The molecule has 10 aromatic rings. The van der Waals surface area contributed by atoms with Crippen LogP contribution in [-0.2, 0) is 10.8 Å². The van der Waals surface area contributed by atoms with Gasteiger partial charge in [0, 0.05) is 50.5 Å². The summed E-state index contributed by atoms with van der Waals surface area (Å²) in [5.74, 6) is 0. The summed E-state index contributed by atoms with van der Waals surface area (Å²) >= 11 is 0. The zero-order valence-corrected chi connectivity index (χ0v) is 35.0. The SMILES string of the molecule is CC(C)(C)c1ccc2c(c1)c1cc(C(C)(C)C)ccc1n2-c1ccc(N(c2ccc(-c3nc4ccccc4nc3-c3ccccc3)cc2)c2cccc3cccnc23)cc1. The molecule has 0 radical (unpaired) electrons. The van der Waals surface area contributed by atoms with Gasteiger partial charge < -0.3 is 9.47 Å². The van der Waals surface area contributed by atoms with Crippen molar-refractivity contribution >= 4 is 60.8 Å². The molecule has 0 atom stereocenters. The van der Waals surface area contributed by atoms with E-state index in [4.69, 9.17) is 15.0 Å². The minimum Gasteiger partial charge on any atom is -0.309 e. The normalized spacial score (nSPS) is 12.2. The van der Waals surface area contributed by atoms with Crippen molar-refractivity contribution in [3.05, 3.63) is 187 Å². The highest BCUT2D eigenvalue weighted by molar-refractivity contribution is 6.10. The largest absolute Gasteiger partial charge is 0.309 e. The fraction of sp³-hybridized carbons (Fsp3) is 0.145. The van der Waals surface area contributed by atoms with Crippen molar-refractivity contribution in [3.8, 4) is 28.2 Å². The van der Waals surface area contributed by atoms with E-state index < -0.39 is 0 Å². The Hall–Kier alpha value is -7.11. The van der Waals surface area contributed by atoms with E-state index in [1.807, 2.05) is 54.7 Å². The molecule has 60 heavy (non-hydrogen) atoms. The van der Waals surface area contributed by atoms with Crippen LogP contribution in [0.15, 0.2) is 176 Å². The van der Waals surface area contributed by atoms with Crippen LogP contribution in [-0.4, -0.2) is 19.5 Å². The minimum atomic E-state index is 0.0388. The molecule has 5 heteroatoms. The van der Waals surface area contributed by atoms with Gasteiger partial charge in [-0.2, -0.15) is 0 Å². The molecular weight excluding hydrogens is 731 g/mol. The Kier molecular flexibility index (Phi) is 8.87. The molecular formula is C55H47N5. The maximum atomic E-state index is 5.18. The molecule has 0 aliphatic carbocycles. The minimum absolute atomic E-state index is 0.0388. The molecule has 5 nitrogen and oxygen atoms in total. The highest BCUT2D eigenvalue weighted by Gasteiger charge is 2.22. The Balaban J connectivity index is 1.11. The van der Waals surface area contributed by atoms with E-state index in [2.05, 4.69) is 172 Å². The second-order valence-electron chi connectivity index (χ2n) is 17.8. The van der Waals surface area contributed by atoms with Crippen LogP contribution in [0.1, 0.15) is 52.7 Å². The number of anilines is 3. The van der Waals surface area contributed by atoms with Crippen LogP contribution >= 0.6 is 0 Å². The number of fused-ring (bicyclic) bond motifs is 5. The van der Waals surface area contributed by atoms with Gasteiger partial charge in [-0.05, 0) is 107 Å². The summed E-state index contributed by atoms with van der Waals surface area (Å²) in [5, 5.41) is 3.65. The van der Waals surface area contributed by atoms with Gasteiger partial charge in [-0.25, -0.2) is 9.97 Å². The third-order valence-electron chi connectivity index (χ3n) is 11.7. The van der Waals surface area contributed by atoms with Crippen LogP contribution in [0, 0.1) is 0 Å². The van der Waals surface area contributed by atoms with Crippen LogP contribution in [0.2, 0.25) is 0 Å². The van der Waals surface area contributed by atoms with E-state index >= 15 is 0 Å². The molecule has 3 heterocycles. The molecule has 0 bridgehead atoms. The second kappa shape index (κ2) is 14.3. The number of benzene rings is 7. The van der Waals surface area contributed by atoms with E-state index in [9.17, 15) is 0 Å². The standard InChI is InChI=1S/C55H47N5/c1-54(2,3)39-23-31-48-44(34-39)45-35-40(55(4,5)6)24-32-49(45)60(48)43-29-27-42(28-30-43)59(50-20-12-16-36-17-13-33-56-51(36)50)41-25-21-38(22-26-41)53-52(37-14-8-7-9-15-37)57-46-18-10-11-19-47(46)58-53/h7-35H,1-6H3. The Morgan fingerprint density at radius 2 is 0.983 bits per heavy atom. The molecule has 10 rings (SSSR count). The van der Waals surface area contributed by atoms with Crippen LogP contribution in [0.3, 0.4) is 0 Å². The summed E-state index contributed by atoms with van der Waals surface area (Å²) in [5.41, 5.74) is 15.7. The quantitative estimate of drug-likeness (QED) is 0.169. The summed E-state index contributed by atoms with van der Waals surface area (Å²) in [6.45, 7) is 13.7.